The molecule has 1 N–H and O–H groups in total. The van der Waals surface area contributed by atoms with E-state index in [1.54, 1.807) is 0 Å². The molecule has 0 aliphatic carbocycles. The maximum atomic E-state index is 13.0. The Morgan fingerprint density at radius 3 is 2.64 bits per heavy atom. The molecule has 5 nitrogen and oxygen atoms in total. The lowest BCUT2D eigenvalue weighted by atomic mass is 9.84. The summed E-state index contributed by atoms with van der Waals surface area (Å²) in [7, 11) is 0. The molecule has 4 heterocycles. The first-order valence-corrected chi connectivity index (χ1v) is 10.2. The van der Waals surface area contributed by atoms with Gasteiger partial charge in [-0.2, -0.15) is 0 Å². The number of nitrogens with zero attached hydrogens (tertiary/aromatic N) is 2. The van der Waals surface area contributed by atoms with Crippen LogP contribution in [0.25, 0.3) is 22.6 Å². The number of carbonyl (C=O) groups excluding carboxylic acids is 1. The van der Waals surface area contributed by atoms with Crippen molar-refractivity contribution in [3.8, 4) is 11.5 Å². The van der Waals surface area contributed by atoms with Crippen LogP contribution in [0, 0.1) is 5.92 Å². The van der Waals surface area contributed by atoms with Crippen LogP contribution in [0.4, 0.5) is 0 Å². The van der Waals surface area contributed by atoms with Crippen molar-refractivity contribution in [2.45, 2.75) is 32.2 Å². The van der Waals surface area contributed by atoms with E-state index in [1.807, 2.05) is 30.3 Å². The second-order valence-electron chi connectivity index (χ2n) is 7.94. The first-order chi connectivity index (χ1) is 13.7. The second-order valence-corrected chi connectivity index (χ2v) is 7.94. The first kappa shape index (κ1) is 17.4. The normalized spacial score (nSPS) is 23.8. The Hall–Kier alpha value is -2.66. The van der Waals surface area contributed by atoms with E-state index in [2.05, 4.69) is 34.3 Å². The summed E-state index contributed by atoms with van der Waals surface area (Å²) in [6, 6.07) is 14.0. The molecular weight excluding hydrogens is 350 g/mol. The molecule has 1 atom stereocenters. The number of oxazole rings is 1. The molecular formula is C23H25N3O2. The predicted octanol–water partition coefficient (Wildman–Crippen LogP) is 3.88. The highest BCUT2D eigenvalue weighted by atomic mass is 16.3. The van der Waals surface area contributed by atoms with Gasteiger partial charge in [-0.1, -0.05) is 25.1 Å². The fourth-order valence-corrected chi connectivity index (χ4v) is 4.51. The molecule has 5 heteroatoms. The molecule has 28 heavy (non-hydrogen) atoms. The Morgan fingerprint density at radius 1 is 1.18 bits per heavy atom. The molecule has 1 unspecified atom stereocenters. The fourth-order valence-electron chi connectivity index (χ4n) is 4.51. The molecule has 2 bridgehead atoms. The van der Waals surface area contributed by atoms with E-state index in [0.717, 1.165) is 31.6 Å². The zero-order valence-electron chi connectivity index (χ0n) is 16.1. The number of amides is 1. The van der Waals surface area contributed by atoms with Gasteiger partial charge in [-0.15, -0.1) is 0 Å². The number of hydrogen-bond donors (Lipinski definition) is 1. The van der Waals surface area contributed by atoms with E-state index in [1.165, 1.54) is 18.4 Å². The summed E-state index contributed by atoms with van der Waals surface area (Å²) in [5, 5.41) is 3.26. The van der Waals surface area contributed by atoms with Crippen LogP contribution in [0.5, 0.6) is 0 Å². The number of carbonyl (C=O) groups is 1. The highest BCUT2D eigenvalue weighted by Gasteiger charge is 2.35. The quantitative estimate of drug-likeness (QED) is 0.752. The van der Waals surface area contributed by atoms with Gasteiger partial charge in [-0.3, -0.25) is 4.79 Å². The molecule has 3 saturated heterocycles. The lowest BCUT2D eigenvalue weighted by Crippen LogP contribution is -2.57. The zero-order valence-corrected chi connectivity index (χ0v) is 16.1. The number of fused-ring (bicyclic) bond motifs is 4. The number of benzene rings is 2. The number of hydrogen-bond acceptors (Lipinski definition) is 4. The topological polar surface area (TPSA) is 58.4 Å². The molecule has 0 saturated carbocycles. The van der Waals surface area contributed by atoms with Crippen LogP contribution >= 0.6 is 0 Å². The van der Waals surface area contributed by atoms with E-state index in [-0.39, 0.29) is 11.9 Å². The summed E-state index contributed by atoms with van der Waals surface area (Å²) in [5.74, 6) is 1.10. The van der Waals surface area contributed by atoms with E-state index in [0.29, 0.717) is 28.5 Å². The Morgan fingerprint density at radius 2 is 1.96 bits per heavy atom. The number of piperidine rings is 3. The van der Waals surface area contributed by atoms with Crippen molar-refractivity contribution in [1.82, 2.24) is 15.2 Å². The maximum Gasteiger partial charge on any atom is 0.253 e. The third-order valence-electron chi connectivity index (χ3n) is 6.25. The average molecular weight is 375 g/mol. The smallest absolute Gasteiger partial charge is 0.253 e. The van der Waals surface area contributed by atoms with Gasteiger partial charge >= 0.3 is 0 Å². The minimum Gasteiger partial charge on any atom is -0.436 e. The van der Waals surface area contributed by atoms with Crippen LogP contribution in [-0.2, 0) is 6.42 Å². The van der Waals surface area contributed by atoms with Gasteiger partial charge in [0.25, 0.3) is 5.91 Å². The Labute approximate surface area is 164 Å². The molecule has 3 fully saturated rings. The lowest BCUT2D eigenvalue weighted by molar-refractivity contribution is 0.0621. The minimum atomic E-state index is -0.0504. The summed E-state index contributed by atoms with van der Waals surface area (Å²) in [6.45, 7) is 5.42. The Kier molecular flexibility index (Phi) is 4.40. The van der Waals surface area contributed by atoms with Crippen LogP contribution in [-0.4, -0.2) is 41.5 Å². The summed E-state index contributed by atoms with van der Waals surface area (Å²) >= 11 is 0. The van der Waals surface area contributed by atoms with Gasteiger partial charge in [0.15, 0.2) is 5.58 Å². The number of aromatic nitrogens is 1. The minimum absolute atomic E-state index is 0.0504. The van der Waals surface area contributed by atoms with Crippen molar-refractivity contribution in [2.24, 2.45) is 5.92 Å². The lowest BCUT2D eigenvalue weighted by Gasteiger charge is -2.44. The fraction of sp³-hybridized carbons (Fsp3) is 0.391. The van der Waals surface area contributed by atoms with Crippen LogP contribution in [0.15, 0.2) is 46.9 Å². The molecule has 3 aliphatic rings. The summed E-state index contributed by atoms with van der Waals surface area (Å²) in [4.78, 5) is 20.1. The molecule has 1 aromatic heterocycles. The van der Waals surface area contributed by atoms with Crippen LogP contribution < -0.4 is 5.32 Å². The van der Waals surface area contributed by atoms with Crippen molar-refractivity contribution >= 4 is 17.0 Å². The van der Waals surface area contributed by atoms with Crippen LogP contribution in [0.1, 0.15) is 35.7 Å². The molecule has 0 radical (unpaired) electrons. The van der Waals surface area contributed by atoms with Gasteiger partial charge in [0.1, 0.15) is 5.52 Å². The molecule has 0 spiro atoms. The van der Waals surface area contributed by atoms with Crippen molar-refractivity contribution in [3.05, 3.63) is 53.6 Å². The molecule has 2 aromatic carbocycles. The molecule has 1 amide bonds. The van der Waals surface area contributed by atoms with Crippen molar-refractivity contribution in [3.63, 3.8) is 0 Å². The van der Waals surface area contributed by atoms with Crippen LogP contribution in [0.2, 0.25) is 0 Å². The van der Waals surface area contributed by atoms with Gasteiger partial charge in [0.05, 0.1) is 5.56 Å². The van der Waals surface area contributed by atoms with Crippen molar-refractivity contribution in [1.29, 1.82) is 0 Å². The molecule has 144 valence electrons. The largest absolute Gasteiger partial charge is 0.436 e. The SMILES string of the molecule is CCc1ccc(-c2nc3c(C(=O)NC4CN5CCC4CC5)cccc3o2)cc1. The van der Waals surface area contributed by atoms with Crippen LogP contribution in [0.3, 0.4) is 0 Å². The average Bonchev–Trinajstić information content (AvgIpc) is 3.19. The van der Waals surface area contributed by atoms with E-state index < -0.39 is 0 Å². The van der Waals surface area contributed by atoms with E-state index in [4.69, 9.17) is 4.42 Å². The van der Waals surface area contributed by atoms with Gasteiger partial charge in [-0.05, 0) is 68.1 Å². The Bertz CT molecular complexity index is 1000. The number of para-hydroxylation sites is 1. The van der Waals surface area contributed by atoms with E-state index >= 15 is 0 Å². The number of nitrogens with one attached hydrogen (secondary N) is 1. The van der Waals surface area contributed by atoms with Crippen molar-refractivity contribution < 1.29 is 9.21 Å². The monoisotopic (exact) mass is 375 g/mol. The Balaban J connectivity index is 1.43. The van der Waals surface area contributed by atoms with Gasteiger partial charge in [-0.25, -0.2) is 4.98 Å². The zero-order chi connectivity index (χ0) is 19.1. The molecule has 3 aliphatic heterocycles. The standard InChI is InChI=1S/C23H25N3O2/c1-2-15-6-8-17(9-7-15)23-25-21-18(4-3-5-20(21)28-23)22(27)24-19-14-26-12-10-16(19)11-13-26/h3-9,16,19H,2,10-14H2,1H3,(H,24,27). The highest BCUT2D eigenvalue weighted by molar-refractivity contribution is 6.05. The summed E-state index contributed by atoms with van der Waals surface area (Å²) < 4.78 is 5.96. The number of aryl methyl sites for hydroxylation is 1. The van der Waals surface area contributed by atoms with Gasteiger partial charge in [0, 0.05) is 18.2 Å². The third-order valence-corrected chi connectivity index (χ3v) is 6.25. The molecule has 3 aromatic rings. The highest BCUT2D eigenvalue weighted by Crippen LogP contribution is 2.29. The first-order valence-electron chi connectivity index (χ1n) is 10.2. The second kappa shape index (κ2) is 7.06. The van der Waals surface area contributed by atoms with E-state index in [9.17, 15) is 4.79 Å². The summed E-state index contributed by atoms with van der Waals surface area (Å²) in [5.41, 5.74) is 4.08. The number of rotatable bonds is 4. The predicted molar refractivity (Wildman–Crippen MR) is 109 cm³/mol. The maximum absolute atomic E-state index is 13.0. The summed E-state index contributed by atoms with van der Waals surface area (Å²) in [6.07, 6.45) is 3.35. The van der Waals surface area contributed by atoms with Gasteiger partial charge in [0.2, 0.25) is 5.89 Å². The van der Waals surface area contributed by atoms with Crippen molar-refractivity contribution in [2.75, 3.05) is 19.6 Å². The molecule has 6 rings (SSSR count). The third kappa shape index (κ3) is 3.10. The van der Waals surface area contributed by atoms with Gasteiger partial charge < -0.3 is 14.6 Å².